The molecule has 0 saturated heterocycles. The number of hydrogen-bond acceptors (Lipinski definition) is 2. The molecule has 3 nitrogen and oxygen atoms in total. The van der Waals surface area contributed by atoms with E-state index in [0.29, 0.717) is 18.2 Å². The lowest BCUT2D eigenvalue weighted by atomic mass is 10.0. The van der Waals surface area contributed by atoms with Crippen LogP contribution in [0.25, 0.3) is 0 Å². The molecule has 0 aliphatic heterocycles. The molecule has 22 heavy (non-hydrogen) atoms. The van der Waals surface area contributed by atoms with Crippen LogP contribution in [-0.4, -0.2) is 17.1 Å². The first kappa shape index (κ1) is 16.2. The third kappa shape index (κ3) is 4.71. The minimum absolute atomic E-state index is 0.328. The van der Waals surface area contributed by atoms with Crippen molar-refractivity contribution in [1.82, 2.24) is 5.32 Å². The largest absolute Gasteiger partial charge is 0.478 e. The smallest absolute Gasteiger partial charge is 0.335 e. The minimum Gasteiger partial charge on any atom is -0.478 e. The molecule has 0 aliphatic rings. The highest BCUT2D eigenvalue weighted by molar-refractivity contribution is 5.87. The summed E-state index contributed by atoms with van der Waals surface area (Å²) >= 11 is 0. The highest BCUT2D eigenvalue weighted by atomic mass is 16.4. The average molecular weight is 297 g/mol. The summed E-state index contributed by atoms with van der Waals surface area (Å²) in [7, 11) is 0. The van der Waals surface area contributed by atoms with E-state index in [-0.39, 0.29) is 0 Å². The molecule has 3 heteroatoms. The van der Waals surface area contributed by atoms with Gasteiger partial charge in [0.05, 0.1) is 5.56 Å². The Bertz CT molecular complexity index is 644. The van der Waals surface area contributed by atoms with Gasteiger partial charge in [0.2, 0.25) is 0 Å². The molecule has 2 rings (SSSR count). The summed E-state index contributed by atoms with van der Waals surface area (Å²) in [5, 5.41) is 12.5. The normalized spacial score (nSPS) is 12.1. The van der Waals surface area contributed by atoms with E-state index in [1.165, 1.54) is 16.7 Å². The summed E-state index contributed by atoms with van der Waals surface area (Å²) in [4.78, 5) is 11.0. The van der Waals surface area contributed by atoms with E-state index < -0.39 is 5.97 Å². The SMILES string of the molecule is Cc1cc(C)cc(CC(C)NCc2cccc(C(=O)O)c2)c1. The van der Waals surface area contributed by atoms with Gasteiger partial charge >= 0.3 is 5.97 Å². The Morgan fingerprint density at radius 3 is 2.41 bits per heavy atom. The third-order valence-electron chi connectivity index (χ3n) is 3.65. The Morgan fingerprint density at radius 2 is 1.77 bits per heavy atom. The van der Waals surface area contributed by atoms with Crippen LogP contribution < -0.4 is 5.32 Å². The van der Waals surface area contributed by atoms with Crippen LogP contribution in [0.1, 0.15) is 39.5 Å². The van der Waals surface area contributed by atoms with Gasteiger partial charge in [-0.3, -0.25) is 0 Å². The lowest BCUT2D eigenvalue weighted by Gasteiger charge is -2.15. The molecule has 0 fully saturated rings. The van der Waals surface area contributed by atoms with Crippen LogP contribution >= 0.6 is 0 Å². The second kappa shape index (κ2) is 7.23. The quantitative estimate of drug-likeness (QED) is 0.854. The van der Waals surface area contributed by atoms with Gasteiger partial charge in [0, 0.05) is 12.6 Å². The van der Waals surface area contributed by atoms with Crippen LogP contribution in [0.2, 0.25) is 0 Å². The molecule has 2 aromatic carbocycles. The van der Waals surface area contributed by atoms with Gasteiger partial charge in [-0.25, -0.2) is 4.79 Å². The van der Waals surface area contributed by atoms with E-state index in [1.807, 2.05) is 6.07 Å². The van der Waals surface area contributed by atoms with Crippen molar-refractivity contribution in [2.45, 2.75) is 39.8 Å². The Hall–Kier alpha value is -2.13. The number of hydrogen-bond donors (Lipinski definition) is 2. The van der Waals surface area contributed by atoms with E-state index in [1.54, 1.807) is 18.2 Å². The molecular weight excluding hydrogens is 274 g/mol. The zero-order valence-corrected chi connectivity index (χ0v) is 13.4. The van der Waals surface area contributed by atoms with Crippen molar-refractivity contribution >= 4 is 5.97 Å². The fourth-order valence-electron chi connectivity index (χ4n) is 2.72. The van der Waals surface area contributed by atoms with Gasteiger partial charge < -0.3 is 10.4 Å². The van der Waals surface area contributed by atoms with Gasteiger partial charge in [-0.2, -0.15) is 0 Å². The monoisotopic (exact) mass is 297 g/mol. The number of aromatic carboxylic acids is 1. The third-order valence-corrected chi connectivity index (χ3v) is 3.65. The lowest BCUT2D eigenvalue weighted by Crippen LogP contribution is -2.27. The number of rotatable bonds is 6. The molecule has 1 atom stereocenters. The van der Waals surface area contributed by atoms with Gasteiger partial charge in [-0.05, 0) is 50.5 Å². The number of benzene rings is 2. The summed E-state index contributed by atoms with van der Waals surface area (Å²) in [6.45, 7) is 7.06. The van der Waals surface area contributed by atoms with Gasteiger partial charge in [0.1, 0.15) is 0 Å². The van der Waals surface area contributed by atoms with Crippen molar-refractivity contribution in [3.05, 3.63) is 70.3 Å². The predicted molar refractivity (Wildman–Crippen MR) is 89.3 cm³/mol. The molecule has 116 valence electrons. The van der Waals surface area contributed by atoms with Crippen LogP contribution in [-0.2, 0) is 13.0 Å². The average Bonchev–Trinajstić information content (AvgIpc) is 2.44. The van der Waals surface area contributed by atoms with Gasteiger partial charge in [0.25, 0.3) is 0 Å². The van der Waals surface area contributed by atoms with Crippen LogP contribution in [0.4, 0.5) is 0 Å². The lowest BCUT2D eigenvalue weighted by molar-refractivity contribution is 0.0696. The first-order valence-corrected chi connectivity index (χ1v) is 7.57. The van der Waals surface area contributed by atoms with Gasteiger partial charge in [-0.1, -0.05) is 41.5 Å². The molecule has 0 spiro atoms. The molecule has 0 aliphatic carbocycles. The number of carboxylic acid groups (broad SMARTS) is 1. The van der Waals surface area contributed by atoms with E-state index in [0.717, 1.165) is 12.0 Å². The first-order chi connectivity index (χ1) is 10.4. The fraction of sp³-hybridized carbons (Fsp3) is 0.316. The van der Waals surface area contributed by atoms with E-state index in [9.17, 15) is 4.79 Å². The van der Waals surface area contributed by atoms with Crippen LogP contribution in [0.15, 0.2) is 42.5 Å². The summed E-state index contributed by atoms with van der Waals surface area (Å²) in [6.07, 6.45) is 0.959. The van der Waals surface area contributed by atoms with Crippen molar-refractivity contribution in [1.29, 1.82) is 0 Å². The van der Waals surface area contributed by atoms with E-state index >= 15 is 0 Å². The maximum absolute atomic E-state index is 11.0. The summed E-state index contributed by atoms with van der Waals surface area (Å²) in [5.74, 6) is -0.884. The van der Waals surface area contributed by atoms with Crippen molar-refractivity contribution < 1.29 is 9.90 Å². The minimum atomic E-state index is -0.884. The fourth-order valence-corrected chi connectivity index (χ4v) is 2.72. The first-order valence-electron chi connectivity index (χ1n) is 7.57. The Kier molecular flexibility index (Phi) is 5.34. The summed E-state index contributed by atoms with van der Waals surface area (Å²) < 4.78 is 0. The van der Waals surface area contributed by atoms with Crippen LogP contribution in [0.5, 0.6) is 0 Å². The van der Waals surface area contributed by atoms with Crippen molar-refractivity contribution in [2.75, 3.05) is 0 Å². The molecule has 1 unspecified atom stereocenters. The summed E-state index contributed by atoms with van der Waals surface area (Å²) in [6, 6.07) is 14.0. The molecule has 0 bridgehead atoms. The predicted octanol–water partition coefficient (Wildman–Crippen LogP) is 3.72. The number of nitrogens with one attached hydrogen (secondary N) is 1. The van der Waals surface area contributed by atoms with Gasteiger partial charge in [-0.15, -0.1) is 0 Å². The number of carboxylic acids is 1. The molecule has 2 N–H and O–H groups in total. The highest BCUT2D eigenvalue weighted by Gasteiger charge is 2.06. The molecule has 0 aromatic heterocycles. The van der Waals surface area contributed by atoms with Crippen molar-refractivity contribution in [3.63, 3.8) is 0 Å². The van der Waals surface area contributed by atoms with E-state index in [4.69, 9.17) is 5.11 Å². The zero-order chi connectivity index (χ0) is 16.1. The number of aryl methyl sites for hydroxylation is 2. The molecule has 0 saturated carbocycles. The standard InChI is InChI=1S/C19H23NO2/c1-13-7-14(2)9-17(8-13)10-15(3)20-12-16-5-4-6-18(11-16)19(21)22/h4-9,11,15,20H,10,12H2,1-3H3,(H,21,22). The second-order valence-corrected chi connectivity index (χ2v) is 5.99. The molecule has 0 heterocycles. The van der Waals surface area contributed by atoms with Gasteiger partial charge in [0.15, 0.2) is 0 Å². The topological polar surface area (TPSA) is 49.3 Å². The summed E-state index contributed by atoms with van der Waals surface area (Å²) in [5.41, 5.74) is 5.23. The molecular formula is C19H23NO2. The Morgan fingerprint density at radius 1 is 1.09 bits per heavy atom. The zero-order valence-electron chi connectivity index (χ0n) is 13.4. The van der Waals surface area contributed by atoms with Crippen LogP contribution in [0, 0.1) is 13.8 Å². The van der Waals surface area contributed by atoms with Crippen LogP contribution in [0.3, 0.4) is 0 Å². The maximum atomic E-state index is 11.0. The van der Waals surface area contributed by atoms with E-state index in [2.05, 4.69) is 44.3 Å². The molecule has 0 amide bonds. The Labute approximate surface area is 132 Å². The molecule has 0 radical (unpaired) electrons. The van der Waals surface area contributed by atoms with Crippen molar-refractivity contribution in [2.24, 2.45) is 0 Å². The highest BCUT2D eigenvalue weighted by Crippen LogP contribution is 2.11. The Balaban J connectivity index is 1.93. The van der Waals surface area contributed by atoms with Crippen molar-refractivity contribution in [3.8, 4) is 0 Å². The maximum Gasteiger partial charge on any atom is 0.335 e. The number of carbonyl (C=O) groups is 1. The molecule has 2 aromatic rings. The second-order valence-electron chi connectivity index (χ2n) is 5.99.